The van der Waals surface area contributed by atoms with Gasteiger partial charge in [-0.1, -0.05) is 33.1 Å². The Hall–Kier alpha value is -0.120. The van der Waals surface area contributed by atoms with Gasteiger partial charge in [-0.3, -0.25) is 0 Å². The average Bonchev–Trinajstić information content (AvgIpc) is 2.88. The highest BCUT2D eigenvalue weighted by atomic mass is 16.3. The van der Waals surface area contributed by atoms with Gasteiger partial charge in [0.2, 0.25) is 0 Å². The van der Waals surface area contributed by atoms with E-state index in [1.165, 1.54) is 51.5 Å². The number of nitrogens with one attached hydrogen (secondary N) is 1. The molecule has 0 aromatic heterocycles. The lowest BCUT2D eigenvalue weighted by Gasteiger charge is -2.38. The molecule has 2 saturated carbocycles. The Morgan fingerprint density at radius 3 is 2.71 bits per heavy atom. The molecule has 0 saturated heterocycles. The number of aliphatic hydroxyl groups excluding tert-OH is 1. The van der Waals surface area contributed by atoms with Gasteiger partial charge in [-0.2, -0.15) is 0 Å². The normalized spacial score (nSPS) is 37.3. The topological polar surface area (TPSA) is 35.5 Å². The monoisotopic (exact) mass is 296 g/mol. The van der Waals surface area contributed by atoms with Crippen molar-refractivity contribution < 1.29 is 5.11 Å². The van der Waals surface area contributed by atoms with Crippen LogP contribution in [0.1, 0.15) is 65.2 Å². The third-order valence-corrected chi connectivity index (χ3v) is 6.13. The Morgan fingerprint density at radius 1 is 1.24 bits per heavy atom. The van der Waals surface area contributed by atoms with Crippen molar-refractivity contribution in [2.24, 2.45) is 11.8 Å². The molecule has 2 N–H and O–H groups in total. The van der Waals surface area contributed by atoms with Crippen LogP contribution in [0.25, 0.3) is 0 Å². The van der Waals surface area contributed by atoms with Crippen LogP contribution in [-0.4, -0.2) is 48.3 Å². The molecule has 0 amide bonds. The minimum absolute atomic E-state index is 0.00937. The van der Waals surface area contributed by atoms with Crippen molar-refractivity contribution in [3.05, 3.63) is 0 Å². The highest BCUT2D eigenvalue weighted by Crippen LogP contribution is 2.38. The van der Waals surface area contributed by atoms with E-state index in [-0.39, 0.29) is 5.54 Å². The molecule has 2 aliphatic rings. The molecule has 124 valence electrons. The zero-order valence-electron chi connectivity index (χ0n) is 14.4. The molecule has 3 nitrogen and oxygen atoms in total. The van der Waals surface area contributed by atoms with Crippen LogP contribution in [0.3, 0.4) is 0 Å². The fourth-order valence-corrected chi connectivity index (χ4v) is 4.76. The molecule has 21 heavy (non-hydrogen) atoms. The Balaban J connectivity index is 1.83. The number of nitrogens with zero attached hydrogens (tertiary/aromatic N) is 1. The SMILES string of the molecule is CCNC1(CO)CCCC1CCN(C)C1CCCC(C)C1. The van der Waals surface area contributed by atoms with E-state index in [2.05, 4.69) is 31.1 Å². The van der Waals surface area contributed by atoms with Gasteiger partial charge in [-0.05, 0) is 64.1 Å². The standard InChI is InChI=1S/C18H36N2O/c1-4-19-18(14-21)11-6-8-16(18)10-12-20(3)17-9-5-7-15(2)13-17/h15-17,19,21H,4-14H2,1-3H3. The van der Waals surface area contributed by atoms with Gasteiger partial charge in [0.25, 0.3) is 0 Å². The number of likely N-dealkylation sites (N-methyl/N-ethyl adjacent to an activating group) is 1. The predicted octanol–water partition coefficient (Wildman–Crippen LogP) is 3.03. The summed E-state index contributed by atoms with van der Waals surface area (Å²) in [7, 11) is 2.31. The summed E-state index contributed by atoms with van der Waals surface area (Å²) >= 11 is 0. The first-order valence-electron chi connectivity index (χ1n) is 9.17. The van der Waals surface area contributed by atoms with Crippen molar-refractivity contribution in [3.63, 3.8) is 0 Å². The number of aliphatic hydroxyl groups is 1. The van der Waals surface area contributed by atoms with Gasteiger partial charge in [0.05, 0.1) is 6.61 Å². The third-order valence-electron chi connectivity index (χ3n) is 6.13. The molecule has 3 heteroatoms. The molecule has 2 aliphatic carbocycles. The second-order valence-electron chi connectivity index (χ2n) is 7.63. The van der Waals surface area contributed by atoms with Gasteiger partial charge in [0, 0.05) is 11.6 Å². The molecule has 0 radical (unpaired) electrons. The Bertz CT molecular complexity index is 310. The van der Waals surface area contributed by atoms with E-state index in [9.17, 15) is 5.11 Å². The Morgan fingerprint density at radius 2 is 2.05 bits per heavy atom. The maximum Gasteiger partial charge on any atom is 0.0616 e. The summed E-state index contributed by atoms with van der Waals surface area (Å²) in [5, 5.41) is 13.5. The lowest BCUT2D eigenvalue weighted by molar-refractivity contribution is 0.103. The molecular weight excluding hydrogens is 260 g/mol. The Labute approximate surface area is 131 Å². The van der Waals surface area contributed by atoms with E-state index in [1.807, 2.05) is 0 Å². The van der Waals surface area contributed by atoms with Gasteiger partial charge in [-0.15, -0.1) is 0 Å². The first-order valence-corrected chi connectivity index (χ1v) is 9.17. The first kappa shape index (κ1) is 17.2. The van der Waals surface area contributed by atoms with Crippen LogP contribution in [0.2, 0.25) is 0 Å². The molecule has 0 aromatic carbocycles. The predicted molar refractivity (Wildman–Crippen MR) is 89.5 cm³/mol. The summed E-state index contributed by atoms with van der Waals surface area (Å²) < 4.78 is 0. The van der Waals surface area contributed by atoms with Gasteiger partial charge in [0.15, 0.2) is 0 Å². The number of hydrogen-bond acceptors (Lipinski definition) is 3. The fraction of sp³-hybridized carbons (Fsp3) is 1.00. The second-order valence-corrected chi connectivity index (χ2v) is 7.63. The summed E-state index contributed by atoms with van der Waals surface area (Å²) in [6, 6.07) is 0.790. The first-order chi connectivity index (χ1) is 10.1. The van der Waals surface area contributed by atoms with E-state index < -0.39 is 0 Å². The van der Waals surface area contributed by atoms with Gasteiger partial charge in [0.1, 0.15) is 0 Å². The van der Waals surface area contributed by atoms with Crippen molar-refractivity contribution in [1.82, 2.24) is 10.2 Å². The van der Waals surface area contributed by atoms with Crippen molar-refractivity contribution in [2.75, 3.05) is 26.7 Å². The maximum absolute atomic E-state index is 9.89. The summed E-state index contributed by atoms with van der Waals surface area (Å²) in [6.07, 6.45) is 10.5. The summed E-state index contributed by atoms with van der Waals surface area (Å²) in [5.74, 6) is 1.54. The van der Waals surface area contributed by atoms with Crippen LogP contribution < -0.4 is 5.32 Å². The minimum atomic E-state index is 0.00937. The van der Waals surface area contributed by atoms with Crippen LogP contribution in [0.5, 0.6) is 0 Å². The number of hydrogen-bond donors (Lipinski definition) is 2. The molecule has 4 atom stereocenters. The van der Waals surface area contributed by atoms with Gasteiger partial charge < -0.3 is 15.3 Å². The van der Waals surface area contributed by atoms with Crippen LogP contribution in [0.15, 0.2) is 0 Å². The highest BCUT2D eigenvalue weighted by molar-refractivity contribution is 4.99. The van der Waals surface area contributed by atoms with Crippen molar-refractivity contribution in [1.29, 1.82) is 0 Å². The van der Waals surface area contributed by atoms with Crippen LogP contribution in [-0.2, 0) is 0 Å². The zero-order valence-corrected chi connectivity index (χ0v) is 14.4. The van der Waals surface area contributed by atoms with Crippen LogP contribution >= 0.6 is 0 Å². The van der Waals surface area contributed by atoms with Gasteiger partial charge >= 0.3 is 0 Å². The van der Waals surface area contributed by atoms with Crippen molar-refractivity contribution in [2.45, 2.75) is 76.8 Å². The van der Waals surface area contributed by atoms with E-state index in [1.54, 1.807) is 0 Å². The molecule has 0 aliphatic heterocycles. The third kappa shape index (κ3) is 4.20. The maximum atomic E-state index is 9.89. The van der Waals surface area contributed by atoms with Crippen LogP contribution in [0.4, 0.5) is 0 Å². The van der Waals surface area contributed by atoms with Gasteiger partial charge in [-0.25, -0.2) is 0 Å². The lowest BCUT2D eigenvalue weighted by Crippen LogP contribution is -2.52. The second kappa shape index (κ2) is 7.94. The largest absolute Gasteiger partial charge is 0.394 e. The molecule has 0 spiro atoms. The Kier molecular flexibility index (Phi) is 6.51. The summed E-state index contributed by atoms with van der Waals surface area (Å²) in [6.45, 7) is 7.01. The van der Waals surface area contributed by atoms with Crippen LogP contribution in [0, 0.1) is 11.8 Å². The minimum Gasteiger partial charge on any atom is -0.394 e. The lowest BCUT2D eigenvalue weighted by atomic mass is 9.84. The molecule has 0 heterocycles. The van der Waals surface area contributed by atoms with E-state index >= 15 is 0 Å². The molecule has 0 bridgehead atoms. The van der Waals surface area contributed by atoms with E-state index in [0.717, 1.165) is 24.9 Å². The van der Waals surface area contributed by atoms with Crippen molar-refractivity contribution in [3.8, 4) is 0 Å². The van der Waals surface area contributed by atoms with E-state index in [4.69, 9.17) is 0 Å². The molecule has 2 fully saturated rings. The molecule has 0 aromatic rings. The average molecular weight is 296 g/mol. The van der Waals surface area contributed by atoms with Crippen molar-refractivity contribution >= 4 is 0 Å². The molecular formula is C18H36N2O. The summed E-state index contributed by atoms with van der Waals surface area (Å²) in [5.41, 5.74) is 0.00937. The molecule has 4 unspecified atom stereocenters. The fourth-order valence-electron chi connectivity index (χ4n) is 4.76. The quantitative estimate of drug-likeness (QED) is 0.758. The molecule has 2 rings (SSSR count). The zero-order chi connectivity index (χ0) is 15.3. The highest BCUT2D eigenvalue weighted by Gasteiger charge is 2.41. The number of rotatable bonds is 7. The van der Waals surface area contributed by atoms with E-state index in [0.29, 0.717) is 12.5 Å². The smallest absolute Gasteiger partial charge is 0.0616 e. The summed E-state index contributed by atoms with van der Waals surface area (Å²) in [4.78, 5) is 2.60.